The Morgan fingerprint density at radius 3 is 2.84 bits per heavy atom. The van der Waals surface area contributed by atoms with Gasteiger partial charge in [0.15, 0.2) is 0 Å². The van der Waals surface area contributed by atoms with E-state index in [1.165, 1.54) is 6.42 Å². The number of benzene rings is 1. The van der Waals surface area contributed by atoms with Crippen molar-refractivity contribution in [2.45, 2.75) is 26.3 Å². The molecular weight excluding hydrogens is 302 g/mol. The smallest absolute Gasteiger partial charge is 0.0745 e. The highest BCUT2D eigenvalue weighted by molar-refractivity contribution is 9.10. The minimum absolute atomic E-state index is 0.530. The molecule has 0 saturated carbocycles. The molecule has 3 nitrogen and oxygen atoms in total. The number of hydrogen-bond donors (Lipinski definition) is 1. The molecule has 4 heteroatoms. The second-order valence-electron chi connectivity index (χ2n) is 5.57. The molecule has 1 aliphatic heterocycles. The number of anilines is 2. The van der Waals surface area contributed by atoms with E-state index in [2.05, 4.69) is 45.7 Å². The first-order valence-electron chi connectivity index (χ1n) is 6.66. The zero-order valence-electron chi connectivity index (χ0n) is 11.2. The summed E-state index contributed by atoms with van der Waals surface area (Å²) in [6, 6.07) is 6.70. The fourth-order valence-electron chi connectivity index (χ4n) is 3.10. The van der Waals surface area contributed by atoms with E-state index >= 15 is 0 Å². The van der Waals surface area contributed by atoms with E-state index in [0.29, 0.717) is 12.0 Å². The molecule has 1 aromatic carbocycles. The van der Waals surface area contributed by atoms with E-state index in [9.17, 15) is 0 Å². The van der Waals surface area contributed by atoms with Crippen molar-refractivity contribution >= 4 is 38.2 Å². The predicted molar refractivity (Wildman–Crippen MR) is 84.4 cm³/mol. The Morgan fingerprint density at radius 1 is 1.37 bits per heavy atom. The van der Waals surface area contributed by atoms with Crippen molar-refractivity contribution in [3.8, 4) is 0 Å². The fourth-order valence-corrected chi connectivity index (χ4v) is 3.46. The summed E-state index contributed by atoms with van der Waals surface area (Å²) in [6.07, 6.45) is 3.00. The van der Waals surface area contributed by atoms with Crippen molar-refractivity contribution in [1.29, 1.82) is 0 Å². The summed E-state index contributed by atoms with van der Waals surface area (Å²) in [7, 11) is 0. The second-order valence-corrected chi connectivity index (χ2v) is 6.48. The number of fused-ring (bicyclic) bond motifs is 1. The minimum Gasteiger partial charge on any atom is -0.396 e. The van der Waals surface area contributed by atoms with Crippen molar-refractivity contribution in [3.63, 3.8) is 0 Å². The first kappa shape index (κ1) is 12.7. The maximum Gasteiger partial charge on any atom is 0.0745 e. The Balaban J connectivity index is 2.21. The van der Waals surface area contributed by atoms with Gasteiger partial charge in [-0.1, -0.05) is 22.9 Å². The summed E-state index contributed by atoms with van der Waals surface area (Å²) in [4.78, 5) is 6.85. The zero-order valence-corrected chi connectivity index (χ0v) is 12.8. The Bertz CT molecular complexity index is 621. The molecule has 0 radical (unpaired) electrons. The average molecular weight is 320 g/mol. The molecule has 2 N–H and O–H groups in total. The van der Waals surface area contributed by atoms with Crippen molar-refractivity contribution in [1.82, 2.24) is 4.98 Å². The van der Waals surface area contributed by atoms with Gasteiger partial charge in [0.2, 0.25) is 0 Å². The van der Waals surface area contributed by atoms with Gasteiger partial charge in [-0.25, -0.2) is 0 Å². The van der Waals surface area contributed by atoms with Crippen molar-refractivity contribution < 1.29 is 0 Å². The molecular formula is C15H18BrN3. The molecule has 100 valence electrons. The summed E-state index contributed by atoms with van der Waals surface area (Å²) in [5.41, 5.74) is 9.12. The number of hydrogen-bond acceptors (Lipinski definition) is 3. The molecule has 3 rings (SSSR count). The number of halogens is 1. The molecule has 0 spiro atoms. The third kappa shape index (κ3) is 2.18. The number of nitrogens with zero attached hydrogens (tertiary/aromatic N) is 2. The maximum atomic E-state index is 6.20. The molecule has 0 aliphatic carbocycles. The van der Waals surface area contributed by atoms with Crippen LogP contribution in [-0.2, 0) is 0 Å². The van der Waals surface area contributed by atoms with E-state index in [1.54, 1.807) is 6.20 Å². The predicted octanol–water partition coefficient (Wildman–Crippen LogP) is 3.81. The monoisotopic (exact) mass is 319 g/mol. The largest absolute Gasteiger partial charge is 0.396 e. The molecule has 2 unspecified atom stereocenters. The Hall–Kier alpha value is -1.29. The van der Waals surface area contributed by atoms with Crippen molar-refractivity contribution in [2.24, 2.45) is 5.92 Å². The summed E-state index contributed by atoms with van der Waals surface area (Å²) in [5, 5.41) is 1.13. The van der Waals surface area contributed by atoms with Crippen LogP contribution in [0.15, 0.2) is 28.9 Å². The van der Waals surface area contributed by atoms with Gasteiger partial charge in [0.1, 0.15) is 0 Å². The van der Waals surface area contributed by atoms with E-state index < -0.39 is 0 Å². The molecule has 2 heterocycles. The van der Waals surface area contributed by atoms with Gasteiger partial charge in [-0.15, -0.1) is 0 Å². The molecule has 0 amide bonds. The number of pyridine rings is 1. The fraction of sp³-hybridized carbons (Fsp3) is 0.400. The van der Waals surface area contributed by atoms with Crippen molar-refractivity contribution in [2.75, 3.05) is 17.2 Å². The minimum atomic E-state index is 0.530. The molecule has 1 aliphatic rings. The van der Waals surface area contributed by atoms with Crippen LogP contribution < -0.4 is 10.6 Å². The molecule has 19 heavy (non-hydrogen) atoms. The van der Waals surface area contributed by atoms with Gasteiger partial charge in [-0.05, 0) is 37.5 Å². The van der Waals surface area contributed by atoms with E-state index in [4.69, 9.17) is 5.73 Å². The van der Waals surface area contributed by atoms with Crippen LogP contribution in [0, 0.1) is 5.92 Å². The first-order valence-corrected chi connectivity index (χ1v) is 7.46. The summed E-state index contributed by atoms with van der Waals surface area (Å²) < 4.78 is 1.06. The lowest BCUT2D eigenvalue weighted by Crippen LogP contribution is -2.27. The summed E-state index contributed by atoms with van der Waals surface area (Å²) in [6.45, 7) is 5.64. The molecule has 2 aromatic rings. The van der Waals surface area contributed by atoms with Gasteiger partial charge in [0, 0.05) is 22.4 Å². The van der Waals surface area contributed by atoms with Crippen LogP contribution in [0.3, 0.4) is 0 Å². The Morgan fingerprint density at radius 2 is 2.16 bits per heavy atom. The van der Waals surface area contributed by atoms with Gasteiger partial charge in [0.25, 0.3) is 0 Å². The lowest BCUT2D eigenvalue weighted by Gasteiger charge is -2.26. The topological polar surface area (TPSA) is 42.1 Å². The number of nitrogen functional groups attached to an aromatic ring is 1. The highest BCUT2D eigenvalue weighted by atomic mass is 79.9. The highest BCUT2D eigenvalue weighted by Gasteiger charge is 2.28. The molecule has 0 bridgehead atoms. The number of aromatic nitrogens is 1. The molecule has 1 aromatic heterocycles. The van der Waals surface area contributed by atoms with Crippen LogP contribution in [0.4, 0.5) is 11.4 Å². The van der Waals surface area contributed by atoms with E-state index in [-0.39, 0.29) is 0 Å². The van der Waals surface area contributed by atoms with E-state index in [0.717, 1.165) is 33.3 Å². The van der Waals surface area contributed by atoms with Crippen LogP contribution in [0.2, 0.25) is 0 Å². The third-order valence-electron chi connectivity index (χ3n) is 3.90. The number of rotatable bonds is 1. The SMILES string of the molecule is CC1CC(C)N(c2c(N)cnc3ccc(Br)cc23)C1. The van der Waals surface area contributed by atoms with Crippen LogP contribution in [0.5, 0.6) is 0 Å². The van der Waals surface area contributed by atoms with Gasteiger partial charge in [-0.3, -0.25) is 4.98 Å². The third-order valence-corrected chi connectivity index (χ3v) is 4.39. The number of nitrogens with two attached hydrogens (primary N) is 1. The van der Waals surface area contributed by atoms with Crippen LogP contribution in [0.25, 0.3) is 10.9 Å². The van der Waals surface area contributed by atoms with Crippen LogP contribution in [-0.4, -0.2) is 17.6 Å². The molecule has 2 atom stereocenters. The first-order chi connectivity index (χ1) is 9.06. The summed E-state index contributed by atoms with van der Waals surface area (Å²) >= 11 is 3.54. The van der Waals surface area contributed by atoms with Gasteiger partial charge < -0.3 is 10.6 Å². The maximum absolute atomic E-state index is 6.20. The van der Waals surface area contributed by atoms with Crippen molar-refractivity contribution in [3.05, 3.63) is 28.9 Å². The zero-order chi connectivity index (χ0) is 13.6. The highest BCUT2D eigenvalue weighted by Crippen LogP contribution is 2.38. The normalized spacial score (nSPS) is 23.2. The average Bonchev–Trinajstić information content (AvgIpc) is 2.68. The second kappa shape index (κ2) is 4.67. The van der Waals surface area contributed by atoms with Crippen LogP contribution >= 0.6 is 15.9 Å². The Labute approximate surface area is 121 Å². The molecule has 1 fully saturated rings. The van der Waals surface area contributed by atoms with Gasteiger partial charge in [-0.2, -0.15) is 0 Å². The standard InChI is InChI=1S/C15H18BrN3/c1-9-5-10(2)19(8-9)15-12-6-11(16)3-4-14(12)18-7-13(15)17/h3-4,6-7,9-10H,5,8,17H2,1-2H3. The summed E-state index contributed by atoms with van der Waals surface area (Å²) in [5.74, 6) is 0.713. The van der Waals surface area contributed by atoms with Gasteiger partial charge >= 0.3 is 0 Å². The quantitative estimate of drug-likeness (QED) is 0.869. The van der Waals surface area contributed by atoms with Crippen LogP contribution in [0.1, 0.15) is 20.3 Å². The lowest BCUT2D eigenvalue weighted by molar-refractivity contribution is 0.625. The Kier molecular flexibility index (Phi) is 3.13. The molecule has 1 saturated heterocycles. The van der Waals surface area contributed by atoms with E-state index in [1.807, 2.05) is 12.1 Å². The van der Waals surface area contributed by atoms with Gasteiger partial charge in [0.05, 0.1) is 23.1 Å². The lowest BCUT2D eigenvalue weighted by atomic mass is 10.1.